The van der Waals surface area contributed by atoms with Gasteiger partial charge in [0.1, 0.15) is 5.01 Å². The molecule has 0 radical (unpaired) electrons. The highest BCUT2D eigenvalue weighted by Gasteiger charge is 2.10. The Bertz CT molecular complexity index is 505. The van der Waals surface area contributed by atoms with Crippen molar-refractivity contribution in [2.75, 3.05) is 12.8 Å². The van der Waals surface area contributed by atoms with E-state index in [2.05, 4.69) is 55.1 Å². The van der Waals surface area contributed by atoms with Gasteiger partial charge in [-0.1, -0.05) is 19.1 Å². The van der Waals surface area contributed by atoms with Crippen LogP contribution in [0.15, 0.2) is 34.5 Å². The molecule has 1 aromatic heterocycles. The molecule has 0 amide bonds. The first-order chi connectivity index (χ1) is 9.24. The van der Waals surface area contributed by atoms with Crippen molar-refractivity contribution >= 4 is 23.1 Å². The fourth-order valence-corrected chi connectivity index (χ4v) is 3.14. The summed E-state index contributed by atoms with van der Waals surface area (Å²) in [5, 5.41) is 6.73. The molecule has 2 aromatic rings. The van der Waals surface area contributed by atoms with E-state index in [1.165, 1.54) is 10.5 Å². The maximum atomic E-state index is 4.74. The van der Waals surface area contributed by atoms with Crippen molar-refractivity contribution in [3.05, 3.63) is 35.3 Å². The van der Waals surface area contributed by atoms with Crippen molar-refractivity contribution in [2.45, 2.75) is 31.2 Å². The summed E-state index contributed by atoms with van der Waals surface area (Å²) in [6, 6.07) is 8.94. The zero-order valence-electron chi connectivity index (χ0n) is 11.6. The van der Waals surface area contributed by atoms with Gasteiger partial charge in [-0.2, -0.15) is 0 Å². The molecule has 2 nitrogen and oxygen atoms in total. The number of hydrogen-bond acceptors (Lipinski definition) is 4. The molecule has 1 N–H and O–H groups in total. The van der Waals surface area contributed by atoms with Gasteiger partial charge < -0.3 is 5.32 Å². The molecule has 4 heteroatoms. The van der Waals surface area contributed by atoms with Crippen LogP contribution in [0.2, 0.25) is 0 Å². The Hall–Kier alpha value is -0.840. The van der Waals surface area contributed by atoms with Gasteiger partial charge in [0.2, 0.25) is 0 Å². The smallest absolute Gasteiger partial charge is 0.123 e. The quantitative estimate of drug-likeness (QED) is 0.788. The van der Waals surface area contributed by atoms with Gasteiger partial charge in [0.05, 0.1) is 5.69 Å². The lowest BCUT2D eigenvalue weighted by Gasteiger charge is -2.09. The summed E-state index contributed by atoms with van der Waals surface area (Å²) in [7, 11) is 0. The van der Waals surface area contributed by atoms with Crippen molar-refractivity contribution in [2.24, 2.45) is 0 Å². The molecule has 0 saturated carbocycles. The lowest BCUT2D eigenvalue weighted by atomic mass is 10.2. The third-order valence-electron chi connectivity index (χ3n) is 3.00. The minimum absolute atomic E-state index is 0.329. The van der Waals surface area contributed by atoms with E-state index >= 15 is 0 Å². The van der Waals surface area contributed by atoms with E-state index in [9.17, 15) is 0 Å². The van der Waals surface area contributed by atoms with E-state index in [4.69, 9.17) is 4.98 Å². The van der Waals surface area contributed by atoms with Crippen LogP contribution in [0.4, 0.5) is 0 Å². The number of benzene rings is 1. The van der Waals surface area contributed by atoms with E-state index in [0.29, 0.717) is 6.04 Å². The fourth-order valence-electron chi connectivity index (χ4n) is 1.82. The number of rotatable bonds is 6. The van der Waals surface area contributed by atoms with Gasteiger partial charge in [0.15, 0.2) is 0 Å². The SMILES string of the molecule is CCCNC(C)c1csc(-c2ccc(SC)cc2)n1. The predicted octanol–water partition coefficient (Wildman–Crippen LogP) is 4.59. The largest absolute Gasteiger partial charge is 0.309 e. The number of thiazole rings is 1. The topological polar surface area (TPSA) is 24.9 Å². The summed E-state index contributed by atoms with van der Waals surface area (Å²) in [6.45, 7) is 5.39. The highest BCUT2D eigenvalue weighted by atomic mass is 32.2. The molecule has 1 atom stereocenters. The molecule has 0 fully saturated rings. The van der Waals surface area contributed by atoms with Crippen LogP contribution in [0.3, 0.4) is 0 Å². The molecule has 1 unspecified atom stereocenters. The lowest BCUT2D eigenvalue weighted by Crippen LogP contribution is -2.19. The summed E-state index contributed by atoms with van der Waals surface area (Å²) in [6.07, 6.45) is 3.25. The van der Waals surface area contributed by atoms with E-state index < -0.39 is 0 Å². The molecule has 1 heterocycles. The number of hydrogen-bond donors (Lipinski definition) is 1. The third-order valence-corrected chi connectivity index (χ3v) is 4.66. The van der Waals surface area contributed by atoms with Crippen molar-refractivity contribution in [3.8, 4) is 10.6 Å². The molecule has 0 aliphatic rings. The molecule has 102 valence electrons. The van der Waals surface area contributed by atoms with Gasteiger partial charge in [-0.25, -0.2) is 4.98 Å². The summed E-state index contributed by atoms with van der Waals surface area (Å²) < 4.78 is 0. The number of thioether (sulfide) groups is 1. The molecule has 1 aromatic carbocycles. The zero-order valence-corrected chi connectivity index (χ0v) is 13.3. The van der Waals surface area contributed by atoms with Gasteiger partial charge in [-0.05, 0) is 38.3 Å². The normalized spacial score (nSPS) is 12.6. The third kappa shape index (κ3) is 3.81. The summed E-state index contributed by atoms with van der Waals surface area (Å²) in [5.41, 5.74) is 2.35. The van der Waals surface area contributed by atoms with Crippen LogP contribution in [0.1, 0.15) is 32.0 Å². The van der Waals surface area contributed by atoms with E-state index in [0.717, 1.165) is 23.7 Å². The van der Waals surface area contributed by atoms with Gasteiger partial charge in [0.25, 0.3) is 0 Å². The minimum Gasteiger partial charge on any atom is -0.309 e. The van der Waals surface area contributed by atoms with Gasteiger partial charge in [0, 0.05) is 21.9 Å². The van der Waals surface area contributed by atoms with Crippen LogP contribution in [-0.4, -0.2) is 17.8 Å². The van der Waals surface area contributed by atoms with Crippen molar-refractivity contribution in [1.29, 1.82) is 0 Å². The van der Waals surface area contributed by atoms with Gasteiger partial charge >= 0.3 is 0 Å². The molecule has 19 heavy (non-hydrogen) atoms. The maximum absolute atomic E-state index is 4.74. The van der Waals surface area contributed by atoms with Crippen LogP contribution in [-0.2, 0) is 0 Å². The molecule has 0 aliphatic carbocycles. The minimum atomic E-state index is 0.329. The van der Waals surface area contributed by atoms with E-state index in [1.807, 2.05) is 0 Å². The Kier molecular flexibility index (Phi) is 5.43. The van der Waals surface area contributed by atoms with Crippen LogP contribution in [0, 0.1) is 0 Å². The average molecular weight is 292 g/mol. The highest BCUT2D eigenvalue weighted by molar-refractivity contribution is 7.98. The summed E-state index contributed by atoms with van der Waals surface area (Å²) in [4.78, 5) is 6.03. The maximum Gasteiger partial charge on any atom is 0.123 e. The Balaban J connectivity index is 2.11. The van der Waals surface area contributed by atoms with Crippen molar-refractivity contribution in [1.82, 2.24) is 10.3 Å². The van der Waals surface area contributed by atoms with Crippen LogP contribution >= 0.6 is 23.1 Å². The van der Waals surface area contributed by atoms with Gasteiger partial charge in [-0.15, -0.1) is 23.1 Å². The second kappa shape index (κ2) is 7.08. The van der Waals surface area contributed by atoms with E-state index in [1.54, 1.807) is 23.1 Å². The number of nitrogens with zero attached hydrogens (tertiary/aromatic N) is 1. The molecule has 0 saturated heterocycles. The van der Waals surface area contributed by atoms with Crippen LogP contribution < -0.4 is 5.32 Å². The standard InChI is InChI=1S/C15H20N2S2/c1-4-9-16-11(2)14-10-19-15(17-14)12-5-7-13(18-3)8-6-12/h5-8,10-11,16H,4,9H2,1-3H3. The van der Waals surface area contributed by atoms with Crippen molar-refractivity contribution in [3.63, 3.8) is 0 Å². The van der Waals surface area contributed by atoms with Crippen LogP contribution in [0.5, 0.6) is 0 Å². The Labute approximate surface area is 123 Å². The monoisotopic (exact) mass is 292 g/mol. The Morgan fingerprint density at radius 2 is 2.05 bits per heavy atom. The highest BCUT2D eigenvalue weighted by Crippen LogP contribution is 2.27. The molecular formula is C15H20N2S2. The van der Waals surface area contributed by atoms with Crippen molar-refractivity contribution < 1.29 is 0 Å². The Morgan fingerprint density at radius 1 is 1.32 bits per heavy atom. The summed E-state index contributed by atoms with van der Waals surface area (Å²) in [5.74, 6) is 0. The number of aromatic nitrogens is 1. The second-order valence-corrected chi connectivity index (χ2v) is 6.22. The first-order valence-corrected chi connectivity index (χ1v) is 8.68. The zero-order chi connectivity index (χ0) is 13.7. The van der Waals surface area contributed by atoms with Gasteiger partial charge in [-0.3, -0.25) is 0 Å². The lowest BCUT2D eigenvalue weighted by molar-refractivity contribution is 0.561. The molecule has 2 rings (SSSR count). The Morgan fingerprint density at radius 3 is 2.68 bits per heavy atom. The van der Waals surface area contributed by atoms with Crippen LogP contribution in [0.25, 0.3) is 10.6 Å². The summed E-state index contributed by atoms with van der Waals surface area (Å²) >= 11 is 3.48. The predicted molar refractivity (Wildman–Crippen MR) is 86.0 cm³/mol. The first kappa shape index (κ1) is 14.6. The average Bonchev–Trinajstić information content (AvgIpc) is 2.94. The first-order valence-electron chi connectivity index (χ1n) is 6.57. The molecular weight excluding hydrogens is 272 g/mol. The molecule has 0 bridgehead atoms. The molecule has 0 spiro atoms. The molecule has 0 aliphatic heterocycles. The van der Waals surface area contributed by atoms with E-state index in [-0.39, 0.29) is 0 Å². The fraction of sp³-hybridized carbons (Fsp3) is 0.400. The second-order valence-electron chi connectivity index (χ2n) is 4.48. The number of nitrogens with one attached hydrogen (secondary N) is 1.